The SMILES string of the molecule is COc1cc(OC)c(OC)cc1CNc1ccc(C(F)(F)F)c[nH+]1. The van der Waals surface area contributed by atoms with Crippen molar-refractivity contribution in [2.24, 2.45) is 0 Å². The van der Waals surface area contributed by atoms with Crippen LogP contribution in [-0.4, -0.2) is 21.3 Å². The second kappa shape index (κ2) is 7.29. The van der Waals surface area contributed by atoms with Gasteiger partial charge in [0, 0.05) is 17.7 Å². The fourth-order valence-corrected chi connectivity index (χ4v) is 2.13. The number of aromatic nitrogens is 1. The molecule has 0 saturated carbocycles. The molecule has 1 heterocycles. The second-order valence-corrected chi connectivity index (χ2v) is 4.86. The average Bonchev–Trinajstić information content (AvgIpc) is 2.58. The van der Waals surface area contributed by atoms with Gasteiger partial charge >= 0.3 is 6.18 Å². The van der Waals surface area contributed by atoms with E-state index in [4.69, 9.17) is 14.2 Å². The molecule has 0 aliphatic heterocycles. The van der Waals surface area contributed by atoms with Gasteiger partial charge in [-0.15, -0.1) is 0 Å². The van der Waals surface area contributed by atoms with Crippen LogP contribution < -0.4 is 24.5 Å². The van der Waals surface area contributed by atoms with Gasteiger partial charge in [-0.3, -0.25) is 5.32 Å². The van der Waals surface area contributed by atoms with E-state index in [9.17, 15) is 13.2 Å². The van der Waals surface area contributed by atoms with E-state index < -0.39 is 11.7 Å². The fraction of sp³-hybridized carbons (Fsp3) is 0.312. The lowest BCUT2D eigenvalue weighted by Crippen LogP contribution is -2.16. The monoisotopic (exact) mass is 343 g/mol. The molecule has 2 N–H and O–H groups in total. The van der Waals surface area contributed by atoms with Crippen LogP contribution in [0.25, 0.3) is 0 Å². The summed E-state index contributed by atoms with van der Waals surface area (Å²) in [5, 5.41) is 3.00. The van der Waals surface area contributed by atoms with Crippen LogP contribution in [0.15, 0.2) is 30.5 Å². The van der Waals surface area contributed by atoms with Gasteiger partial charge < -0.3 is 14.2 Å². The molecule has 5 nitrogen and oxygen atoms in total. The van der Waals surface area contributed by atoms with E-state index in [0.717, 1.165) is 17.8 Å². The topological polar surface area (TPSA) is 53.9 Å². The van der Waals surface area contributed by atoms with E-state index in [2.05, 4.69) is 10.3 Å². The maximum absolute atomic E-state index is 12.5. The third-order valence-corrected chi connectivity index (χ3v) is 3.40. The van der Waals surface area contributed by atoms with Crippen LogP contribution in [0.5, 0.6) is 17.2 Å². The summed E-state index contributed by atoms with van der Waals surface area (Å²) in [6.45, 7) is 0.325. The van der Waals surface area contributed by atoms with Gasteiger partial charge in [0.1, 0.15) is 18.5 Å². The number of nitrogens with one attached hydrogen (secondary N) is 2. The molecule has 0 atom stereocenters. The highest BCUT2D eigenvalue weighted by Crippen LogP contribution is 2.35. The van der Waals surface area contributed by atoms with Crippen LogP contribution in [0.3, 0.4) is 0 Å². The number of hydrogen-bond acceptors (Lipinski definition) is 4. The van der Waals surface area contributed by atoms with Crippen molar-refractivity contribution >= 4 is 5.82 Å². The van der Waals surface area contributed by atoms with Crippen molar-refractivity contribution in [2.45, 2.75) is 12.7 Å². The first kappa shape index (κ1) is 17.7. The molecule has 0 unspecified atom stereocenters. The summed E-state index contributed by atoms with van der Waals surface area (Å²) in [5.41, 5.74) is 0.0280. The Morgan fingerprint density at radius 2 is 1.58 bits per heavy atom. The van der Waals surface area contributed by atoms with Crippen molar-refractivity contribution in [1.82, 2.24) is 0 Å². The number of benzene rings is 1. The Bertz CT molecular complexity index is 688. The Morgan fingerprint density at radius 3 is 2.08 bits per heavy atom. The minimum absolute atomic E-state index is 0.325. The molecule has 0 amide bonds. The maximum Gasteiger partial charge on any atom is 0.419 e. The number of anilines is 1. The Hall–Kier alpha value is -2.64. The van der Waals surface area contributed by atoms with E-state index in [1.165, 1.54) is 27.4 Å². The van der Waals surface area contributed by atoms with Crippen LogP contribution in [0.4, 0.5) is 19.0 Å². The first-order valence-electron chi connectivity index (χ1n) is 7.00. The van der Waals surface area contributed by atoms with E-state index in [1.54, 1.807) is 12.1 Å². The third kappa shape index (κ3) is 4.01. The van der Waals surface area contributed by atoms with Gasteiger partial charge in [0.2, 0.25) is 0 Å². The standard InChI is InChI=1S/C16H17F3N2O3/c1-22-12-7-14(24-3)13(23-2)6-10(12)8-20-15-5-4-11(9-21-15)16(17,18)19/h4-7,9H,8H2,1-3H3,(H,20,21)/p+1. The molecule has 0 fully saturated rings. The van der Waals surface area contributed by atoms with Crippen molar-refractivity contribution < 1.29 is 32.4 Å². The van der Waals surface area contributed by atoms with Gasteiger partial charge in [-0.2, -0.15) is 13.2 Å². The quantitative estimate of drug-likeness (QED) is 0.875. The highest BCUT2D eigenvalue weighted by molar-refractivity contribution is 5.51. The second-order valence-electron chi connectivity index (χ2n) is 4.86. The number of rotatable bonds is 6. The molecule has 1 aromatic heterocycles. The minimum Gasteiger partial charge on any atom is -0.496 e. The summed E-state index contributed by atoms with van der Waals surface area (Å²) in [5.74, 6) is 2.08. The van der Waals surface area contributed by atoms with Crippen LogP contribution in [0.1, 0.15) is 11.1 Å². The molecule has 0 bridgehead atoms. The van der Waals surface area contributed by atoms with Crippen molar-refractivity contribution in [3.63, 3.8) is 0 Å². The number of alkyl halides is 3. The number of hydrogen-bond donors (Lipinski definition) is 1. The van der Waals surface area contributed by atoms with E-state index in [-0.39, 0.29) is 0 Å². The zero-order valence-electron chi connectivity index (χ0n) is 13.5. The van der Waals surface area contributed by atoms with Crippen molar-refractivity contribution in [3.8, 4) is 17.2 Å². The first-order chi connectivity index (χ1) is 11.4. The van der Waals surface area contributed by atoms with Crippen LogP contribution in [0.2, 0.25) is 0 Å². The largest absolute Gasteiger partial charge is 0.496 e. The highest BCUT2D eigenvalue weighted by atomic mass is 19.4. The number of pyridine rings is 1. The summed E-state index contributed by atoms with van der Waals surface area (Å²) in [6.07, 6.45) is -3.46. The lowest BCUT2D eigenvalue weighted by atomic mass is 10.1. The molecule has 8 heteroatoms. The minimum atomic E-state index is -4.37. The maximum atomic E-state index is 12.5. The number of methoxy groups -OCH3 is 3. The molecule has 0 spiro atoms. The highest BCUT2D eigenvalue weighted by Gasteiger charge is 2.31. The van der Waals surface area contributed by atoms with E-state index >= 15 is 0 Å². The number of halogens is 3. The Balaban J connectivity index is 2.16. The lowest BCUT2D eigenvalue weighted by Gasteiger charge is -2.13. The van der Waals surface area contributed by atoms with Crippen LogP contribution in [0, 0.1) is 0 Å². The van der Waals surface area contributed by atoms with Gasteiger partial charge in [0.25, 0.3) is 5.82 Å². The Kier molecular flexibility index (Phi) is 5.38. The summed E-state index contributed by atoms with van der Waals surface area (Å²) < 4.78 is 53.4. The predicted molar refractivity (Wildman–Crippen MR) is 81.4 cm³/mol. The summed E-state index contributed by atoms with van der Waals surface area (Å²) in [4.78, 5) is 2.57. The fourth-order valence-electron chi connectivity index (χ4n) is 2.13. The van der Waals surface area contributed by atoms with Crippen LogP contribution in [-0.2, 0) is 12.7 Å². The summed E-state index contributed by atoms with van der Waals surface area (Å²) in [7, 11) is 4.56. The van der Waals surface area contributed by atoms with Crippen LogP contribution >= 0.6 is 0 Å². The van der Waals surface area contributed by atoms with Gasteiger partial charge in [-0.1, -0.05) is 0 Å². The molecular formula is C16H18F3N2O3+. The lowest BCUT2D eigenvalue weighted by molar-refractivity contribution is -0.364. The predicted octanol–water partition coefficient (Wildman–Crippen LogP) is 3.16. The van der Waals surface area contributed by atoms with E-state index in [0.29, 0.717) is 29.6 Å². The molecule has 0 radical (unpaired) electrons. The normalized spacial score (nSPS) is 11.1. The summed E-state index contributed by atoms with van der Waals surface area (Å²) >= 11 is 0. The third-order valence-electron chi connectivity index (χ3n) is 3.40. The zero-order valence-corrected chi connectivity index (χ0v) is 13.5. The number of H-pyrrole nitrogens is 1. The Labute approximate surface area is 137 Å². The first-order valence-corrected chi connectivity index (χ1v) is 7.00. The van der Waals surface area contributed by atoms with Crippen molar-refractivity contribution in [2.75, 3.05) is 26.6 Å². The number of ether oxygens (including phenoxy) is 3. The molecule has 130 valence electrons. The van der Waals surface area contributed by atoms with E-state index in [1.807, 2.05) is 0 Å². The van der Waals surface area contributed by atoms with Crippen molar-refractivity contribution in [3.05, 3.63) is 41.6 Å². The molecule has 1 aromatic carbocycles. The molecule has 2 aromatic rings. The summed E-state index contributed by atoms with van der Waals surface area (Å²) in [6, 6.07) is 5.77. The molecule has 24 heavy (non-hydrogen) atoms. The average molecular weight is 343 g/mol. The molecular weight excluding hydrogens is 325 g/mol. The van der Waals surface area contributed by atoms with Gasteiger partial charge in [0.05, 0.1) is 26.9 Å². The molecule has 0 aliphatic rings. The van der Waals surface area contributed by atoms with Crippen molar-refractivity contribution in [1.29, 1.82) is 0 Å². The van der Waals surface area contributed by atoms with Gasteiger partial charge in [-0.25, -0.2) is 4.98 Å². The van der Waals surface area contributed by atoms with Gasteiger partial charge in [-0.05, 0) is 12.1 Å². The molecule has 0 aliphatic carbocycles. The smallest absolute Gasteiger partial charge is 0.419 e. The molecule has 0 saturated heterocycles. The van der Waals surface area contributed by atoms with Gasteiger partial charge in [0.15, 0.2) is 11.5 Å². The number of aromatic amines is 1. The molecule has 2 rings (SSSR count). The Morgan fingerprint density at radius 1 is 0.958 bits per heavy atom. The zero-order chi connectivity index (χ0) is 17.7.